The predicted molar refractivity (Wildman–Crippen MR) is 119 cm³/mol. The van der Waals surface area contributed by atoms with Crippen LogP contribution in [0.1, 0.15) is 42.1 Å². The van der Waals surface area contributed by atoms with E-state index in [9.17, 15) is 14.4 Å². The third-order valence-electron chi connectivity index (χ3n) is 5.67. The molecule has 31 heavy (non-hydrogen) atoms. The quantitative estimate of drug-likeness (QED) is 0.649. The van der Waals surface area contributed by atoms with Gasteiger partial charge in [0.2, 0.25) is 5.91 Å². The zero-order valence-electron chi connectivity index (χ0n) is 17.9. The highest BCUT2D eigenvalue weighted by Gasteiger charge is 2.27. The smallest absolute Gasteiger partial charge is 0.330 e. The van der Waals surface area contributed by atoms with E-state index < -0.39 is 11.6 Å². The lowest BCUT2D eigenvalue weighted by Crippen LogP contribution is -2.42. The first kappa shape index (κ1) is 21.2. The molecule has 3 aromatic heterocycles. The Morgan fingerprint density at radius 2 is 2.03 bits per heavy atom. The maximum Gasteiger partial charge on any atom is 0.330 e. The SMILES string of the molecule is CCn1c(=O)n(CC(=O)N2CCCC(C)C2)c2c(C(N)=O)nc(-c3ccc(C)s3)nc21. The number of imidazole rings is 1. The molecule has 1 unspecified atom stereocenters. The largest absolute Gasteiger partial charge is 0.364 e. The average molecular weight is 443 g/mol. The van der Waals surface area contributed by atoms with Crippen LogP contribution in [-0.4, -0.2) is 48.9 Å². The van der Waals surface area contributed by atoms with Gasteiger partial charge >= 0.3 is 5.69 Å². The molecule has 164 valence electrons. The average Bonchev–Trinajstić information content (AvgIpc) is 3.28. The molecule has 2 amide bonds. The first-order chi connectivity index (χ1) is 14.8. The maximum absolute atomic E-state index is 13.2. The van der Waals surface area contributed by atoms with E-state index in [1.54, 1.807) is 4.90 Å². The van der Waals surface area contributed by atoms with Gasteiger partial charge < -0.3 is 10.6 Å². The second-order valence-electron chi connectivity index (χ2n) is 8.04. The second kappa shape index (κ2) is 8.26. The van der Waals surface area contributed by atoms with Gasteiger partial charge in [-0.25, -0.2) is 14.8 Å². The number of carbonyl (C=O) groups excluding carboxylic acids is 2. The molecule has 0 radical (unpaired) electrons. The Morgan fingerprint density at radius 3 is 2.65 bits per heavy atom. The lowest BCUT2D eigenvalue weighted by molar-refractivity contribution is -0.133. The van der Waals surface area contributed by atoms with Crippen LogP contribution in [0.4, 0.5) is 0 Å². The van der Waals surface area contributed by atoms with Crippen LogP contribution in [0, 0.1) is 12.8 Å². The summed E-state index contributed by atoms with van der Waals surface area (Å²) in [5.41, 5.74) is 5.74. The number of likely N-dealkylation sites (tertiary alicyclic amines) is 1. The maximum atomic E-state index is 13.2. The number of nitrogens with two attached hydrogens (primary N) is 1. The van der Waals surface area contributed by atoms with Crippen molar-refractivity contribution in [2.45, 2.75) is 46.7 Å². The fourth-order valence-electron chi connectivity index (χ4n) is 4.13. The van der Waals surface area contributed by atoms with Gasteiger partial charge in [-0.2, -0.15) is 0 Å². The molecule has 0 bridgehead atoms. The van der Waals surface area contributed by atoms with Crippen LogP contribution in [0.2, 0.25) is 0 Å². The van der Waals surface area contributed by atoms with Crippen molar-refractivity contribution in [3.05, 3.63) is 33.2 Å². The van der Waals surface area contributed by atoms with E-state index in [0.29, 0.717) is 37.0 Å². The molecule has 3 aromatic rings. The number of aromatic nitrogens is 4. The van der Waals surface area contributed by atoms with Gasteiger partial charge in [-0.1, -0.05) is 6.92 Å². The number of hydrogen-bond acceptors (Lipinski definition) is 6. The Balaban J connectivity index is 1.86. The molecule has 4 heterocycles. The van der Waals surface area contributed by atoms with E-state index in [0.717, 1.165) is 22.6 Å². The van der Waals surface area contributed by atoms with Crippen LogP contribution in [0.15, 0.2) is 16.9 Å². The van der Waals surface area contributed by atoms with Gasteiger partial charge in [-0.05, 0) is 44.7 Å². The summed E-state index contributed by atoms with van der Waals surface area (Å²) in [7, 11) is 0. The number of rotatable bonds is 5. The number of nitrogens with zero attached hydrogens (tertiary/aromatic N) is 5. The fourth-order valence-corrected chi connectivity index (χ4v) is 4.93. The van der Waals surface area contributed by atoms with Crippen molar-refractivity contribution in [3.8, 4) is 10.7 Å². The van der Waals surface area contributed by atoms with Crippen LogP contribution < -0.4 is 11.4 Å². The van der Waals surface area contributed by atoms with E-state index in [2.05, 4.69) is 16.9 Å². The molecule has 4 rings (SSSR count). The lowest BCUT2D eigenvalue weighted by Gasteiger charge is -2.31. The zero-order valence-corrected chi connectivity index (χ0v) is 18.7. The fraction of sp³-hybridized carbons (Fsp3) is 0.476. The molecule has 0 spiro atoms. The Bertz CT molecular complexity index is 1220. The molecular formula is C21H26N6O3S. The van der Waals surface area contributed by atoms with Crippen LogP contribution in [0.3, 0.4) is 0 Å². The first-order valence-corrected chi connectivity index (χ1v) is 11.3. The van der Waals surface area contributed by atoms with Gasteiger partial charge in [-0.3, -0.25) is 18.7 Å². The molecule has 1 atom stereocenters. The van der Waals surface area contributed by atoms with Crippen LogP contribution >= 0.6 is 11.3 Å². The highest BCUT2D eigenvalue weighted by Crippen LogP contribution is 2.27. The van der Waals surface area contributed by atoms with Crippen molar-refractivity contribution in [1.82, 2.24) is 24.0 Å². The number of primary amides is 1. The number of hydrogen-bond donors (Lipinski definition) is 1. The van der Waals surface area contributed by atoms with E-state index in [4.69, 9.17) is 5.73 Å². The summed E-state index contributed by atoms with van der Waals surface area (Å²) in [6.45, 7) is 7.41. The number of aryl methyl sites for hydroxylation is 2. The predicted octanol–water partition coefficient (Wildman–Crippen LogP) is 2.01. The third kappa shape index (κ3) is 3.87. The highest BCUT2D eigenvalue weighted by molar-refractivity contribution is 7.15. The summed E-state index contributed by atoms with van der Waals surface area (Å²) in [5, 5.41) is 0. The van der Waals surface area contributed by atoms with Crippen molar-refractivity contribution in [1.29, 1.82) is 0 Å². The molecule has 1 aliphatic heterocycles. The lowest BCUT2D eigenvalue weighted by atomic mass is 10.0. The van der Waals surface area contributed by atoms with E-state index in [-0.39, 0.29) is 23.7 Å². The summed E-state index contributed by atoms with van der Waals surface area (Å²) in [5.74, 6) is -0.150. The van der Waals surface area contributed by atoms with E-state index in [1.807, 2.05) is 26.0 Å². The summed E-state index contributed by atoms with van der Waals surface area (Å²) in [6.07, 6.45) is 2.03. The molecule has 1 saturated heterocycles. The molecule has 10 heteroatoms. The molecule has 1 fully saturated rings. The Kier molecular flexibility index (Phi) is 5.65. The van der Waals surface area contributed by atoms with Crippen molar-refractivity contribution in [2.24, 2.45) is 11.7 Å². The van der Waals surface area contributed by atoms with Gasteiger partial charge in [-0.15, -0.1) is 11.3 Å². The van der Waals surface area contributed by atoms with Gasteiger partial charge in [0.05, 0.1) is 4.88 Å². The molecule has 9 nitrogen and oxygen atoms in total. The summed E-state index contributed by atoms with van der Waals surface area (Å²) in [4.78, 5) is 51.1. The van der Waals surface area contributed by atoms with Gasteiger partial charge in [0.15, 0.2) is 17.2 Å². The minimum absolute atomic E-state index is 0.0461. The third-order valence-corrected chi connectivity index (χ3v) is 6.66. The van der Waals surface area contributed by atoms with Crippen molar-refractivity contribution >= 4 is 34.3 Å². The topological polar surface area (TPSA) is 116 Å². The number of amides is 2. The Labute approximate surface area is 183 Å². The first-order valence-electron chi connectivity index (χ1n) is 10.5. The molecule has 0 aliphatic carbocycles. The van der Waals surface area contributed by atoms with Crippen LogP contribution in [0.5, 0.6) is 0 Å². The highest BCUT2D eigenvalue weighted by atomic mass is 32.1. The standard InChI is InChI=1S/C21H26N6O3S/c1-4-26-20-17(16(18(22)29)23-19(24-20)14-8-7-13(3)31-14)27(21(26)30)11-15(28)25-9-5-6-12(2)10-25/h7-8,12H,4-6,9-11H2,1-3H3,(H2,22,29). The summed E-state index contributed by atoms with van der Waals surface area (Å²) in [6, 6.07) is 3.81. The molecule has 1 aliphatic rings. The minimum Gasteiger partial charge on any atom is -0.364 e. The molecule has 0 saturated carbocycles. The number of carbonyl (C=O) groups is 2. The molecule has 2 N–H and O–H groups in total. The molecule has 0 aromatic carbocycles. The number of fused-ring (bicyclic) bond motifs is 1. The van der Waals surface area contributed by atoms with Gasteiger partial charge in [0, 0.05) is 24.5 Å². The van der Waals surface area contributed by atoms with Gasteiger partial charge in [0.25, 0.3) is 5.91 Å². The minimum atomic E-state index is -0.761. The van der Waals surface area contributed by atoms with Gasteiger partial charge in [0.1, 0.15) is 12.1 Å². The van der Waals surface area contributed by atoms with Crippen molar-refractivity contribution in [2.75, 3.05) is 13.1 Å². The van der Waals surface area contributed by atoms with Crippen LogP contribution in [0.25, 0.3) is 21.9 Å². The number of thiophene rings is 1. The molecular weight excluding hydrogens is 416 g/mol. The number of piperidine rings is 1. The van der Waals surface area contributed by atoms with E-state index in [1.165, 1.54) is 20.5 Å². The van der Waals surface area contributed by atoms with Crippen LogP contribution in [-0.2, 0) is 17.9 Å². The summed E-state index contributed by atoms with van der Waals surface area (Å²) >= 11 is 1.49. The second-order valence-corrected chi connectivity index (χ2v) is 9.33. The Morgan fingerprint density at radius 1 is 1.26 bits per heavy atom. The monoisotopic (exact) mass is 442 g/mol. The van der Waals surface area contributed by atoms with Crippen molar-refractivity contribution < 1.29 is 9.59 Å². The Hall–Kier alpha value is -3.01. The summed E-state index contributed by atoms with van der Waals surface area (Å²) < 4.78 is 2.75. The van der Waals surface area contributed by atoms with Crippen molar-refractivity contribution in [3.63, 3.8) is 0 Å². The normalized spacial score (nSPS) is 16.7. The zero-order chi connectivity index (χ0) is 22.3. The van der Waals surface area contributed by atoms with E-state index >= 15 is 0 Å².